The molecule has 0 fully saturated rings. The topological polar surface area (TPSA) is 108 Å². The number of amides is 3. The van der Waals surface area contributed by atoms with Crippen LogP contribution in [-0.4, -0.2) is 46.1 Å². The van der Waals surface area contributed by atoms with E-state index in [4.69, 9.17) is 4.74 Å². The summed E-state index contributed by atoms with van der Waals surface area (Å²) < 4.78 is 5.51. The molecule has 0 aliphatic rings. The van der Waals surface area contributed by atoms with Crippen LogP contribution in [0.4, 0.5) is 4.79 Å². The van der Waals surface area contributed by atoms with Crippen LogP contribution in [-0.2, 0) is 27.3 Å². The molecular formula is C35H45N3O5. The summed E-state index contributed by atoms with van der Waals surface area (Å²) >= 11 is 0. The quantitative estimate of drug-likeness (QED) is 0.236. The molecule has 0 bridgehead atoms. The maximum atomic E-state index is 14.5. The summed E-state index contributed by atoms with van der Waals surface area (Å²) in [5.74, 6) is -0.600. The molecule has 0 aliphatic heterocycles. The number of nitrogens with zero attached hydrogens (tertiary/aromatic N) is 1. The zero-order valence-electron chi connectivity index (χ0n) is 26.1. The molecular weight excluding hydrogens is 542 g/mol. The first-order chi connectivity index (χ1) is 20.4. The highest BCUT2D eigenvalue weighted by Crippen LogP contribution is 2.28. The minimum absolute atomic E-state index is 0.0985. The van der Waals surface area contributed by atoms with E-state index in [1.165, 1.54) is 12.1 Å². The van der Waals surface area contributed by atoms with Crippen LogP contribution in [0.2, 0.25) is 0 Å². The number of ether oxygens (including phenoxy) is 1. The standard InChI is InChI=1S/C35H45N3O5/c1-7-8-20-38(33(41)30(37-34(42)43-35(4,5)6)22-26-16-18-28(39)19-17-26)31(29-21-24(2)14-15-25(29)3)32(40)36-23-27-12-10-9-11-13-27/h9-19,21,30-31,39H,7-8,20,22-23H2,1-6H3,(H,36,40)(H,37,42). The van der Waals surface area contributed by atoms with Crippen molar-refractivity contribution in [2.45, 2.75) is 85.0 Å². The van der Waals surface area contributed by atoms with Gasteiger partial charge in [0.05, 0.1) is 0 Å². The summed E-state index contributed by atoms with van der Waals surface area (Å²) in [5, 5.41) is 15.6. The second-order valence-electron chi connectivity index (χ2n) is 11.9. The van der Waals surface area contributed by atoms with Gasteiger partial charge in [-0.25, -0.2) is 4.79 Å². The third-order valence-corrected chi connectivity index (χ3v) is 7.00. The zero-order valence-corrected chi connectivity index (χ0v) is 26.1. The predicted molar refractivity (Wildman–Crippen MR) is 169 cm³/mol. The van der Waals surface area contributed by atoms with Gasteiger partial charge in [0.2, 0.25) is 11.8 Å². The van der Waals surface area contributed by atoms with Crippen LogP contribution in [0.15, 0.2) is 72.8 Å². The van der Waals surface area contributed by atoms with Crippen LogP contribution in [0.25, 0.3) is 0 Å². The Labute approximate surface area is 255 Å². The molecule has 2 atom stereocenters. The van der Waals surface area contributed by atoms with Crippen LogP contribution in [0.1, 0.15) is 74.4 Å². The fourth-order valence-electron chi connectivity index (χ4n) is 4.80. The number of carbonyl (C=O) groups is 3. The van der Waals surface area contributed by atoms with Gasteiger partial charge < -0.3 is 25.4 Å². The number of aromatic hydroxyl groups is 1. The monoisotopic (exact) mass is 587 g/mol. The Kier molecular flexibility index (Phi) is 11.8. The lowest BCUT2D eigenvalue weighted by Gasteiger charge is -2.35. The largest absolute Gasteiger partial charge is 0.508 e. The highest BCUT2D eigenvalue weighted by Gasteiger charge is 2.37. The molecule has 8 heteroatoms. The highest BCUT2D eigenvalue weighted by atomic mass is 16.6. The van der Waals surface area contributed by atoms with Gasteiger partial charge >= 0.3 is 6.09 Å². The average Bonchev–Trinajstić information content (AvgIpc) is 2.95. The number of hydrogen-bond donors (Lipinski definition) is 3. The van der Waals surface area contributed by atoms with Gasteiger partial charge in [0.15, 0.2) is 0 Å². The van der Waals surface area contributed by atoms with Crippen LogP contribution < -0.4 is 10.6 Å². The van der Waals surface area contributed by atoms with E-state index in [2.05, 4.69) is 10.6 Å². The van der Waals surface area contributed by atoms with E-state index >= 15 is 0 Å². The molecule has 0 heterocycles. The lowest BCUT2D eigenvalue weighted by atomic mass is 9.95. The molecule has 3 aromatic carbocycles. The molecule has 2 unspecified atom stereocenters. The molecule has 3 rings (SSSR count). The first kappa shape index (κ1) is 33.2. The predicted octanol–water partition coefficient (Wildman–Crippen LogP) is 6.13. The molecule has 0 aliphatic carbocycles. The summed E-state index contributed by atoms with van der Waals surface area (Å²) in [4.78, 5) is 43.2. The second kappa shape index (κ2) is 15.2. The van der Waals surface area contributed by atoms with E-state index in [-0.39, 0.29) is 18.1 Å². The molecule has 43 heavy (non-hydrogen) atoms. The van der Waals surface area contributed by atoms with Gasteiger partial charge in [-0.1, -0.05) is 79.6 Å². The van der Waals surface area contributed by atoms with Crippen molar-refractivity contribution in [1.29, 1.82) is 0 Å². The molecule has 3 aromatic rings. The Bertz CT molecular complexity index is 1370. The molecule has 3 amide bonds. The van der Waals surface area contributed by atoms with E-state index in [0.717, 1.165) is 34.2 Å². The van der Waals surface area contributed by atoms with Crippen molar-refractivity contribution in [2.75, 3.05) is 6.54 Å². The minimum Gasteiger partial charge on any atom is -0.508 e. The van der Waals surface area contributed by atoms with Crippen LogP contribution in [0.5, 0.6) is 5.75 Å². The fourth-order valence-corrected chi connectivity index (χ4v) is 4.80. The number of hydrogen-bond acceptors (Lipinski definition) is 5. The molecule has 0 radical (unpaired) electrons. The van der Waals surface area contributed by atoms with Crippen molar-refractivity contribution in [3.63, 3.8) is 0 Å². The smallest absolute Gasteiger partial charge is 0.408 e. The Morgan fingerprint density at radius 3 is 2.23 bits per heavy atom. The number of rotatable bonds is 12. The number of phenolic OH excluding ortho intramolecular Hbond substituents is 1. The number of benzene rings is 3. The number of aryl methyl sites for hydroxylation is 2. The van der Waals surface area contributed by atoms with Crippen molar-refractivity contribution in [3.8, 4) is 5.75 Å². The first-order valence-electron chi connectivity index (χ1n) is 14.8. The SMILES string of the molecule is CCCCN(C(=O)C(Cc1ccc(O)cc1)NC(=O)OC(C)(C)C)C(C(=O)NCc1ccccc1)c1cc(C)ccc1C. The van der Waals surface area contributed by atoms with Gasteiger partial charge in [0.25, 0.3) is 0 Å². The molecule has 0 saturated carbocycles. The normalized spacial score (nSPS) is 12.6. The molecule has 3 N–H and O–H groups in total. The van der Waals surface area contributed by atoms with Crippen molar-refractivity contribution in [3.05, 3.63) is 101 Å². The lowest BCUT2D eigenvalue weighted by Crippen LogP contribution is -2.54. The third-order valence-electron chi connectivity index (χ3n) is 7.00. The summed E-state index contributed by atoms with van der Waals surface area (Å²) in [5.41, 5.74) is 3.50. The van der Waals surface area contributed by atoms with E-state index in [9.17, 15) is 19.5 Å². The van der Waals surface area contributed by atoms with E-state index in [1.54, 1.807) is 37.8 Å². The molecule has 8 nitrogen and oxygen atoms in total. The number of phenols is 1. The van der Waals surface area contributed by atoms with Crippen molar-refractivity contribution in [2.24, 2.45) is 0 Å². The Morgan fingerprint density at radius 1 is 0.930 bits per heavy atom. The fraction of sp³-hybridized carbons (Fsp3) is 0.400. The van der Waals surface area contributed by atoms with E-state index < -0.39 is 29.7 Å². The zero-order chi connectivity index (χ0) is 31.6. The van der Waals surface area contributed by atoms with Gasteiger partial charge in [-0.3, -0.25) is 9.59 Å². The van der Waals surface area contributed by atoms with Gasteiger partial charge in [-0.2, -0.15) is 0 Å². The Morgan fingerprint density at radius 2 is 1.60 bits per heavy atom. The van der Waals surface area contributed by atoms with Gasteiger partial charge in [0.1, 0.15) is 23.4 Å². The van der Waals surface area contributed by atoms with Gasteiger partial charge in [-0.15, -0.1) is 0 Å². The maximum Gasteiger partial charge on any atom is 0.408 e. The van der Waals surface area contributed by atoms with Gasteiger partial charge in [0, 0.05) is 19.5 Å². The summed E-state index contributed by atoms with van der Waals surface area (Å²) in [6.07, 6.45) is 0.887. The highest BCUT2D eigenvalue weighted by molar-refractivity contribution is 5.92. The van der Waals surface area contributed by atoms with Crippen LogP contribution >= 0.6 is 0 Å². The minimum atomic E-state index is -1.02. The number of carbonyl (C=O) groups excluding carboxylic acids is 3. The third kappa shape index (κ3) is 10.2. The van der Waals surface area contributed by atoms with Gasteiger partial charge in [-0.05, 0) is 75.4 Å². The van der Waals surface area contributed by atoms with Crippen molar-refractivity contribution in [1.82, 2.24) is 15.5 Å². The molecule has 230 valence electrons. The summed E-state index contributed by atoms with van der Waals surface area (Å²) in [6.45, 7) is 11.8. The van der Waals surface area contributed by atoms with E-state index in [0.29, 0.717) is 19.5 Å². The first-order valence-corrected chi connectivity index (χ1v) is 14.8. The Hall–Kier alpha value is -4.33. The van der Waals surface area contributed by atoms with Crippen LogP contribution in [0.3, 0.4) is 0 Å². The summed E-state index contributed by atoms with van der Waals surface area (Å²) in [7, 11) is 0. The number of unbranched alkanes of at least 4 members (excludes halogenated alkanes) is 1. The number of alkyl carbamates (subject to hydrolysis) is 1. The second-order valence-corrected chi connectivity index (χ2v) is 11.9. The van der Waals surface area contributed by atoms with Crippen molar-refractivity contribution < 1.29 is 24.2 Å². The van der Waals surface area contributed by atoms with Crippen LogP contribution in [0, 0.1) is 13.8 Å². The molecule has 0 saturated heterocycles. The maximum absolute atomic E-state index is 14.5. The number of nitrogens with one attached hydrogen (secondary N) is 2. The Balaban J connectivity index is 2.05. The molecule has 0 aromatic heterocycles. The average molecular weight is 588 g/mol. The van der Waals surface area contributed by atoms with E-state index in [1.807, 2.05) is 69.3 Å². The summed E-state index contributed by atoms with van der Waals surface area (Å²) in [6, 6.07) is 20.0. The van der Waals surface area contributed by atoms with Crippen molar-refractivity contribution >= 4 is 17.9 Å². The lowest BCUT2D eigenvalue weighted by molar-refractivity contribution is -0.142. The molecule has 0 spiro atoms.